The number of carbonyl (C=O) groups is 1. The number of aromatic nitrogens is 4. The molecule has 162 valence electrons. The quantitative estimate of drug-likeness (QED) is 0.587. The van der Waals surface area contributed by atoms with Crippen LogP contribution in [0.5, 0.6) is 5.88 Å². The van der Waals surface area contributed by atoms with Gasteiger partial charge in [-0.25, -0.2) is 9.37 Å². The zero-order valence-corrected chi connectivity index (χ0v) is 16.1. The van der Waals surface area contributed by atoms with E-state index in [1.54, 1.807) is 0 Å². The van der Waals surface area contributed by atoms with Gasteiger partial charge in [-0.3, -0.25) is 4.79 Å². The number of likely N-dealkylation sites (tertiary alicyclic amines) is 1. The largest absolute Gasteiger partial charge is 0.472 e. The van der Waals surface area contributed by atoms with Gasteiger partial charge in [0.1, 0.15) is 11.8 Å². The van der Waals surface area contributed by atoms with Gasteiger partial charge in [0.05, 0.1) is 30.1 Å². The molecule has 31 heavy (non-hydrogen) atoms. The summed E-state index contributed by atoms with van der Waals surface area (Å²) >= 11 is 0. The van der Waals surface area contributed by atoms with Gasteiger partial charge in [-0.2, -0.15) is 23.4 Å². The minimum atomic E-state index is -4.48. The molecule has 1 saturated heterocycles. The normalized spacial score (nSPS) is 16.9. The van der Waals surface area contributed by atoms with Crippen molar-refractivity contribution >= 4 is 5.91 Å². The second-order valence-corrected chi connectivity index (χ2v) is 6.97. The van der Waals surface area contributed by atoms with Gasteiger partial charge < -0.3 is 9.64 Å². The van der Waals surface area contributed by atoms with E-state index in [2.05, 4.69) is 15.2 Å². The van der Waals surface area contributed by atoms with Crippen LogP contribution in [0.1, 0.15) is 28.8 Å². The first-order valence-corrected chi connectivity index (χ1v) is 9.47. The highest BCUT2D eigenvalue weighted by atomic mass is 19.4. The third kappa shape index (κ3) is 4.49. The molecule has 0 bridgehead atoms. The Balaban J connectivity index is 1.49. The first-order chi connectivity index (χ1) is 14.8. The van der Waals surface area contributed by atoms with Crippen LogP contribution in [0.25, 0.3) is 5.69 Å². The fourth-order valence-corrected chi connectivity index (χ4v) is 3.40. The number of rotatable bonds is 4. The van der Waals surface area contributed by atoms with Crippen LogP contribution in [0.3, 0.4) is 0 Å². The average molecular weight is 435 g/mol. The molecule has 1 amide bonds. The molecule has 0 spiro atoms. The highest BCUT2D eigenvalue weighted by Crippen LogP contribution is 2.29. The molecule has 3 heterocycles. The molecular formula is C20H17F4N5O2. The fourth-order valence-electron chi connectivity index (χ4n) is 3.40. The van der Waals surface area contributed by atoms with Crippen molar-refractivity contribution < 1.29 is 27.1 Å². The van der Waals surface area contributed by atoms with Crippen LogP contribution in [0.15, 0.2) is 48.9 Å². The summed E-state index contributed by atoms with van der Waals surface area (Å²) in [5.41, 5.74) is -0.819. The minimum Gasteiger partial charge on any atom is -0.472 e. The zero-order valence-electron chi connectivity index (χ0n) is 16.1. The van der Waals surface area contributed by atoms with E-state index in [0.29, 0.717) is 25.6 Å². The smallest absolute Gasteiger partial charge is 0.417 e. The number of para-hydroxylation sites is 1. The van der Waals surface area contributed by atoms with Crippen molar-refractivity contribution in [2.75, 3.05) is 13.1 Å². The molecule has 11 heteroatoms. The summed E-state index contributed by atoms with van der Waals surface area (Å²) in [5.74, 6) is -1.01. The Morgan fingerprint density at radius 2 is 1.90 bits per heavy atom. The summed E-state index contributed by atoms with van der Waals surface area (Å²) in [6.07, 6.45) is -0.263. The van der Waals surface area contributed by atoms with Crippen LogP contribution in [-0.4, -0.2) is 50.0 Å². The lowest BCUT2D eigenvalue weighted by molar-refractivity contribution is -0.137. The molecule has 7 nitrogen and oxygen atoms in total. The topological polar surface area (TPSA) is 73.1 Å². The third-order valence-corrected chi connectivity index (χ3v) is 4.85. The lowest BCUT2D eigenvalue weighted by Crippen LogP contribution is -2.44. The molecular weight excluding hydrogens is 418 g/mol. The van der Waals surface area contributed by atoms with E-state index in [9.17, 15) is 22.4 Å². The van der Waals surface area contributed by atoms with Crippen molar-refractivity contribution in [1.82, 2.24) is 24.9 Å². The van der Waals surface area contributed by atoms with E-state index >= 15 is 0 Å². The highest BCUT2D eigenvalue weighted by molar-refractivity contribution is 5.97. The van der Waals surface area contributed by atoms with E-state index in [1.165, 1.54) is 35.5 Å². The van der Waals surface area contributed by atoms with Crippen molar-refractivity contribution in [3.63, 3.8) is 0 Å². The molecule has 1 aromatic carbocycles. The van der Waals surface area contributed by atoms with Gasteiger partial charge in [0.2, 0.25) is 5.88 Å². The van der Waals surface area contributed by atoms with Gasteiger partial charge in [0, 0.05) is 18.8 Å². The monoisotopic (exact) mass is 435 g/mol. The number of alkyl halides is 3. The Morgan fingerprint density at radius 3 is 2.58 bits per heavy atom. The second-order valence-electron chi connectivity index (χ2n) is 6.97. The Hall–Kier alpha value is -3.50. The molecule has 4 rings (SSSR count). The summed E-state index contributed by atoms with van der Waals surface area (Å²) in [6, 6.07) is 6.18. The Morgan fingerprint density at radius 1 is 1.13 bits per heavy atom. The molecule has 3 aromatic rings. The second kappa shape index (κ2) is 8.32. The maximum absolute atomic E-state index is 14.4. The van der Waals surface area contributed by atoms with Crippen molar-refractivity contribution in [3.8, 4) is 11.6 Å². The number of carbonyl (C=O) groups excluding carboxylic acids is 1. The van der Waals surface area contributed by atoms with Crippen molar-refractivity contribution in [2.24, 2.45) is 0 Å². The van der Waals surface area contributed by atoms with Crippen LogP contribution in [0.4, 0.5) is 17.6 Å². The van der Waals surface area contributed by atoms with Crippen LogP contribution < -0.4 is 4.74 Å². The number of ether oxygens (including phenoxy) is 1. The van der Waals surface area contributed by atoms with E-state index in [4.69, 9.17) is 4.74 Å². The molecule has 1 fully saturated rings. The number of hydrogen-bond donors (Lipinski definition) is 0. The Kier molecular flexibility index (Phi) is 5.57. The van der Waals surface area contributed by atoms with E-state index in [0.717, 1.165) is 16.9 Å². The van der Waals surface area contributed by atoms with Crippen LogP contribution in [0.2, 0.25) is 0 Å². The van der Waals surface area contributed by atoms with Gasteiger partial charge in [0.25, 0.3) is 5.91 Å². The Bertz CT molecular complexity index is 1050. The molecule has 1 aliphatic heterocycles. The summed E-state index contributed by atoms with van der Waals surface area (Å²) < 4.78 is 58.2. The lowest BCUT2D eigenvalue weighted by Gasteiger charge is -2.33. The first kappa shape index (κ1) is 20.8. The maximum Gasteiger partial charge on any atom is 0.417 e. The summed E-state index contributed by atoms with van der Waals surface area (Å²) in [4.78, 5) is 19.4. The maximum atomic E-state index is 14.4. The minimum absolute atomic E-state index is 0.0412. The molecule has 0 aliphatic carbocycles. The number of amides is 1. The SMILES string of the molecule is O=C(c1cccc(F)c1-n1nccn1)N1CCC[C@@H](Oc2ccc(C(F)(F)F)cn2)C1. The summed E-state index contributed by atoms with van der Waals surface area (Å²) in [5, 5.41) is 7.82. The van der Waals surface area contributed by atoms with Crippen LogP contribution in [-0.2, 0) is 6.18 Å². The van der Waals surface area contributed by atoms with Gasteiger partial charge in [-0.15, -0.1) is 4.80 Å². The molecule has 0 radical (unpaired) electrons. The van der Waals surface area contributed by atoms with Gasteiger partial charge in [-0.1, -0.05) is 6.07 Å². The molecule has 2 aromatic heterocycles. The van der Waals surface area contributed by atoms with Gasteiger partial charge in [-0.05, 0) is 31.0 Å². The molecule has 0 N–H and O–H groups in total. The van der Waals surface area contributed by atoms with Crippen molar-refractivity contribution in [2.45, 2.75) is 25.1 Å². The fraction of sp³-hybridized carbons (Fsp3) is 0.300. The highest BCUT2D eigenvalue weighted by Gasteiger charge is 2.32. The number of piperidine rings is 1. The van der Waals surface area contributed by atoms with E-state index in [1.807, 2.05) is 0 Å². The summed E-state index contributed by atoms with van der Waals surface area (Å²) in [7, 11) is 0. The number of halogens is 4. The van der Waals surface area contributed by atoms with Gasteiger partial charge in [0.15, 0.2) is 5.82 Å². The molecule has 1 atom stereocenters. The van der Waals surface area contributed by atoms with Gasteiger partial charge >= 0.3 is 6.18 Å². The first-order valence-electron chi connectivity index (χ1n) is 9.47. The van der Waals surface area contributed by atoms with Crippen LogP contribution in [0, 0.1) is 5.82 Å². The van der Waals surface area contributed by atoms with Crippen LogP contribution >= 0.6 is 0 Å². The average Bonchev–Trinajstić information content (AvgIpc) is 3.27. The van der Waals surface area contributed by atoms with E-state index in [-0.39, 0.29) is 23.7 Å². The zero-order chi connectivity index (χ0) is 22.0. The standard InChI is InChI=1S/C20H17F4N5O2/c21-16-5-1-4-15(18(16)29-26-8-9-27-29)19(30)28-10-2-3-14(12-28)31-17-7-6-13(11-25-17)20(22,23)24/h1,4-9,11,14H,2-3,10,12H2/t14-/m1/s1. The predicted octanol–water partition coefficient (Wildman–Crippen LogP) is 3.50. The number of benzene rings is 1. The van der Waals surface area contributed by atoms with Crippen molar-refractivity contribution in [1.29, 1.82) is 0 Å². The molecule has 0 unspecified atom stereocenters. The lowest BCUT2D eigenvalue weighted by atomic mass is 10.1. The summed E-state index contributed by atoms with van der Waals surface area (Å²) in [6.45, 7) is 0.617. The molecule has 0 saturated carbocycles. The van der Waals surface area contributed by atoms with E-state index < -0.39 is 29.6 Å². The third-order valence-electron chi connectivity index (χ3n) is 4.85. The predicted molar refractivity (Wildman–Crippen MR) is 100 cm³/mol. The van der Waals surface area contributed by atoms with Crippen molar-refractivity contribution in [3.05, 3.63) is 65.9 Å². The Labute approximate surface area is 174 Å². The number of hydrogen-bond acceptors (Lipinski definition) is 5. The number of nitrogens with zero attached hydrogens (tertiary/aromatic N) is 5. The number of pyridine rings is 1. The molecule has 1 aliphatic rings.